The maximum absolute atomic E-state index is 12.4. The first-order chi connectivity index (χ1) is 13.7. The molecule has 0 saturated carbocycles. The Labute approximate surface area is 170 Å². The number of fused-ring (bicyclic) bond motifs is 1. The Morgan fingerprint density at radius 1 is 1.21 bits per heavy atom. The van der Waals surface area contributed by atoms with Crippen LogP contribution in [0.25, 0.3) is 11.0 Å². The molecule has 0 spiro atoms. The van der Waals surface area contributed by atoms with E-state index in [0.717, 1.165) is 5.52 Å². The highest BCUT2D eigenvalue weighted by molar-refractivity contribution is 7.89. The Bertz CT molecular complexity index is 1150. The molecule has 1 N–H and O–H groups in total. The predicted octanol–water partition coefficient (Wildman–Crippen LogP) is 2.40. The van der Waals surface area contributed by atoms with Crippen molar-refractivity contribution >= 4 is 32.7 Å². The number of aromatic nitrogens is 2. The molecule has 29 heavy (non-hydrogen) atoms. The number of benzene rings is 2. The van der Waals surface area contributed by atoms with E-state index in [0.29, 0.717) is 29.2 Å². The Morgan fingerprint density at radius 3 is 2.62 bits per heavy atom. The van der Waals surface area contributed by atoms with E-state index in [1.165, 1.54) is 18.4 Å². The van der Waals surface area contributed by atoms with Gasteiger partial charge in [-0.15, -0.1) is 0 Å². The highest BCUT2D eigenvalue weighted by Gasteiger charge is 2.19. The van der Waals surface area contributed by atoms with Gasteiger partial charge in [0.15, 0.2) is 0 Å². The lowest BCUT2D eigenvalue weighted by molar-refractivity contribution is -0.116. The Hall–Kier alpha value is -2.91. The molecule has 0 aliphatic rings. The summed E-state index contributed by atoms with van der Waals surface area (Å²) in [6.45, 7) is 0. The van der Waals surface area contributed by atoms with E-state index in [9.17, 15) is 13.2 Å². The molecule has 0 aliphatic heterocycles. The third-order valence-electron chi connectivity index (χ3n) is 4.68. The number of anilines is 1. The molecule has 8 nitrogen and oxygen atoms in total. The summed E-state index contributed by atoms with van der Waals surface area (Å²) in [5, 5.41) is 2.84. The number of rotatable bonds is 7. The van der Waals surface area contributed by atoms with Crippen LogP contribution in [0.5, 0.6) is 5.75 Å². The summed E-state index contributed by atoms with van der Waals surface area (Å²) < 4.78 is 33.0. The van der Waals surface area contributed by atoms with Crippen molar-refractivity contribution in [3.63, 3.8) is 0 Å². The summed E-state index contributed by atoms with van der Waals surface area (Å²) in [6.07, 6.45) is 0.653. The van der Waals surface area contributed by atoms with Crippen molar-refractivity contribution in [1.29, 1.82) is 0 Å². The summed E-state index contributed by atoms with van der Waals surface area (Å²) in [4.78, 5) is 17.1. The smallest absolute Gasteiger partial charge is 0.242 e. The normalized spacial score (nSPS) is 11.8. The van der Waals surface area contributed by atoms with Crippen LogP contribution in [0.3, 0.4) is 0 Å². The van der Waals surface area contributed by atoms with Crippen molar-refractivity contribution in [2.75, 3.05) is 26.5 Å². The standard InChI is InChI=1S/C20H24N4O4S/c1-23(2)29(26,27)14-9-10-17-16(13-14)21-19(24(17)3)11-12-20(25)22-15-7-5-6-8-18(15)28-4/h5-10,13H,11-12H2,1-4H3,(H,22,25). The van der Waals surface area contributed by atoms with Gasteiger partial charge in [-0.05, 0) is 30.3 Å². The highest BCUT2D eigenvalue weighted by Crippen LogP contribution is 2.24. The van der Waals surface area contributed by atoms with Crippen LogP contribution in [0, 0.1) is 0 Å². The van der Waals surface area contributed by atoms with E-state index in [2.05, 4.69) is 10.3 Å². The second-order valence-electron chi connectivity index (χ2n) is 6.77. The van der Waals surface area contributed by atoms with Gasteiger partial charge in [-0.2, -0.15) is 0 Å². The van der Waals surface area contributed by atoms with Gasteiger partial charge in [-0.1, -0.05) is 12.1 Å². The molecule has 0 saturated heterocycles. The summed E-state index contributed by atoms with van der Waals surface area (Å²) in [5.41, 5.74) is 2.00. The Morgan fingerprint density at radius 2 is 1.93 bits per heavy atom. The molecule has 1 heterocycles. The van der Waals surface area contributed by atoms with Crippen molar-refractivity contribution in [2.45, 2.75) is 17.7 Å². The van der Waals surface area contributed by atoms with Crippen LogP contribution < -0.4 is 10.1 Å². The number of sulfonamides is 1. The molecular weight excluding hydrogens is 392 g/mol. The minimum absolute atomic E-state index is 0.155. The predicted molar refractivity (Wildman–Crippen MR) is 112 cm³/mol. The van der Waals surface area contributed by atoms with Crippen molar-refractivity contribution < 1.29 is 17.9 Å². The number of hydrogen-bond donors (Lipinski definition) is 1. The van der Waals surface area contributed by atoms with Gasteiger partial charge < -0.3 is 14.6 Å². The van der Waals surface area contributed by atoms with E-state index < -0.39 is 10.0 Å². The third-order valence-corrected chi connectivity index (χ3v) is 6.49. The Kier molecular flexibility index (Phi) is 5.90. The molecule has 3 aromatic rings. The van der Waals surface area contributed by atoms with Crippen LogP contribution in [-0.2, 0) is 28.3 Å². The van der Waals surface area contributed by atoms with Crippen LogP contribution >= 0.6 is 0 Å². The van der Waals surface area contributed by atoms with Crippen molar-refractivity contribution in [3.05, 3.63) is 48.3 Å². The highest BCUT2D eigenvalue weighted by atomic mass is 32.2. The molecule has 0 bridgehead atoms. The molecule has 0 aliphatic carbocycles. The number of carbonyl (C=O) groups is 1. The lowest BCUT2D eigenvalue weighted by atomic mass is 10.2. The minimum Gasteiger partial charge on any atom is -0.495 e. The zero-order chi connectivity index (χ0) is 21.2. The van der Waals surface area contributed by atoms with Crippen LogP contribution in [0.15, 0.2) is 47.4 Å². The van der Waals surface area contributed by atoms with Gasteiger partial charge in [-0.3, -0.25) is 4.79 Å². The number of ether oxygens (including phenoxy) is 1. The molecule has 154 valence electrons. The molecule has 9 heteroatoms. The average Bonchev–Trinajstić information content (AvgIpc) is 3.02. The van der Waals surface area contributed by atoms with Gasteiger partial charge in [-0.25, -0.2) is 17.7 Å². The van der Waals surface area contributed by atoms with Crippen LogP contribution in [-0.4, -0.2) is 49.4 Å². The van der Waals surface area contributed by atoms with Crippen molar-refractivity contribution in [2.24, 2.45) is 7.05 Å². The molecule has 0 atom stereocenters. The maximum Gasteiger partial charge on any atom is 0.242 e. The van der Waals surface area contributed by atoms with E-state index in [1.807, 2.05) is 23.7 Å². The van der Waals surface area contributed by atoms with Gasteiger partial charge in [0.1, 0.15) is 11.6 Å². The minimum atomic E-state index is -3.53. The molecule has 3 rings (SSSR count). The van der Waals surface area contributed by atoms with E-state index in [4.69, 9.17) is 4.74 Å². The first-order valence-electron chi connectivity index (χ1n) is 9.05. The van der Waals surface area contributed by atoms with Crippen molar-refractivity contribution in [1.82, 2.24) is 13.9 Å². The molecule has 0 unspecified atom stereocenters. The zero-order valence-corrected chi connectivity index (χ0v) is 17.7. The van der Waals surface area contributed by atoms with Gasteiger partial charge in [0.05, 0.1) is 28.7 Å². The summed E-state index contributed by atoms with van der Waals surface area (Å²) in [6, 6.07) is 12.1. The molecule has 1 aromatic heterocycles. The number of aryl methyl sites for hydroxylation is 2. The summed E-state index contributed by atoms with van der Waals surface area (Å²) >= 11 is 0. The molecule has 1 amide bonds. The summed E-state index contributed by atoms with van der Waals surface area (Å²) in [5.74, 6) is 1.14. The SMILES string of the molecule is COc1ccccc1NC(=O)CCc1nc2cc(S(=O)(=O)N(C)C)ccc2n1C. The fourth-order valence-electron chi connectivity index (χ4n) is 3.01. The fraction of sp³-hybridized carbons (Fsp3) is 0.300. The first kappa shape index (κ1) is 20.8. The fourth-order valence-corrected chi connectivity index (χ4v) is 3.93. The molecule has 0 radical (unpaired) electrons. The topological polar surface area (TPSA) is 93.5 Å². The summed E-state index contributed by atoms with van der Waals surface area (Å²) in [7, 11) is 2.85. The lowest BCUT2D eigenvalue weighted by Crippen LogP contribution is -2.22. The van der Waals surface area contributed by atoms with Gasteiger partial charge in [0, 0.05) is 34.0 Å². The van der Waals surface area contributed by atoms with E-state index in [-0.39, 0.29) is 17.2 Å². The number of methoxy groups -OCH3 is 1. The first-order valence-corrected chi connectivity index (χ1v) is 10.5. The monoisotopic (exact) mass is 416 g/mol. The quantitative estimate of drug-likeness (QED) is 0.638. The number of nitrogens with one attached hydrogen (secondary N) is 1. The number of carbonyl (C=O) groups excluding carboxylic acids is 1. The van der Waals surface area contributed by atoms with Crippen molar-refractivity contribution in [3.8, 4) is 5.75 Å². The number of para-hydroxylation sites is 2. The third kappa shape index (κ3) is 4.25. The average molecular weight is 417 g/mol. The molecule has 0 fully saturated rings. The number of amides is 1. The van der Waals surface area contributed by atoms with Crippen LogP contribution in [0.2, 0.25) is 0 Å². The number of hydrogen-bond acceptors (Lipinski definition) is 5. The number of nitrogens with zero attached hydrogens (tertiary/aromatic N) is 3. The van der Waals surface area contributed by atoms with Crippen LogP contribution in [0.1, 0.15) is 12.2 Å². The second-order valence-corrected chi connectivity index (χ2v) is 8.93. The number of imidazole rings is 1. The van der Waals surface area contributed by atoms with E-state index >= 15 is 0 Å². The molecular formula is C20H24N4O4S. The van der Waals surface area contributed by atoms with Gasteiger partial charge >= 0.3 is 0 Å². The van der Waals surface area contributed by atoms with Gasteiger partial charge in [0.25, 0.3) is 0 Å². The molecule has 2 aromatic carbocycles. The van der Waals surface area contributed by atoms with Crippen LogP contribution in [0.4, 0.5) is 5.69 Å². The second kappa shape index (κ2) is 8.22. The lowest BCUT2D eigenvalue weighted by Gasteiger charge is -2.11. The van der Waals surface area contributed by atoms with E-state index in [1.54, 1.807) is 37.4 Å². The zero-order valence-electron chi connectivity index (χ0n) is 16.8. The van der Waals surface area contributed by atoms with Gasteiger partial charge in [0.2, 0.25) is 15.9 Å². The Balaban J connectivity index is 1.76. The maximum atomic E-state index is 12.4. The largest absolute Gasteiger partial charge is 0.495 e.